The summed E-state index contributed by atoms with van der Waals surface area (Å²) in [4.78, 5) is 30.4. The van der Waals surface area contributed by atoms with Crippen molar-refractivity contribution in [3.8, 4) is 6.07 Å². The zero-order valence-electron chi connectivity index (χ0n) is 16.9. The fourth-order valence-electron chi connectivity index (χ4n) is 4.26. The number of ether oxygens (including phenoxy) is 1. The first-order valence-corrected chi connectivity index (χ1v) is 11.5. The van der Waals surface area contributed by atoms with Crippen molar-refractivity contribution >= 4 is 28.6 Å². The number of carbonyl (C=O) groups is 1. The molecule has 0 bridgehead atoms. The Hall–Kier alpha value is -2.37. The second kappa shape index (κ2) is 9.19. The number of benzene rings is 1. The summed E-state index contributed by atoms with van der Waals surface area (Å²) < 4.78 is 7.36. The number of carbonyl (C=O) groups excluding carboxylic acids is 1. The van der Waals surface area contributed by atoms with Crippen molar-refractivity contribution in [2.24, 2.45) is 0 Å². The monoisotopic (exact) mass is 426 g/mol. The molecule has 2 heterocycles. The SMILES string of the molecule is N#CC1(NC(=O)CSc2nc3ccccc3c(=O)n2C[C@@H]2CCCO2)CCCCC1. The Kier molecular flexibility index (Phi) is 6.40. The van der Waals surface area contributed by atoms with Crippen LogP contribution in [0.15, 0.2) is 34.2 Å². The van der Waals surface area contributed by atoms with E-state index >= 15 is 0 Å². The van der Waals surface area contributed by atoms with Crippen LogP contribution in [-0.4, -0.2) is 39.5 Å². The summed E-state index contributed by atoms with van der Waals surface area (Å²) >= 11 is 1.24. The van der Waals surface area contributed by atoms with Gasteiger partial charge in [0.25, 0.3) is 5.56 Å². The molecular formula is C22H26N4O3S. The van der Waals surface area contributed by atoms with E-state index in [2.05, 4.69) is 16.4 Å². The van der Waals surface area contributed by atoms with Crippen LogP contribution in [0.25, 0.3) is 10.9 Å². The van der Waals surface area contributed by atoms with Crippen LogP contribution in [-0.2, 0) is 16.1 Å². The molecule has 158 valence electrons. The van der Waals surface area contributed by atoms with Crippen molar-refractivity contribution in [2.45, 2.75) is 68.3 Å². The van der Waals surface area contributed by atoms with Crippen molar-refractivity contribution in [1.29, 1.82) is 5.26 Å². The second-order valence-corrected chi connectivity index (χ2v) is 9.00. The zero-order chi connectivity index (χ0) is 21.0. The fourth-order valence-corrected chi connectivity index (χ4v) is 5.07. The number of hydrogen-bond acceptors (Lipinski definition) is 6. The average molecular weight is 427 g/mol. The van der Waals surface area contributed by atoms with Crippen LogP contribution in [0.2, 0.25) is 0 Å². The fraction of sp³-hybridized carbons (Fsp3) is 0.545. The Morgan fingerprint density at radius 1 is 1.30 bits per heavy atom. The van der Waals surface area contributed by atoms with E-state index < -0.39 is 5.54 Å². The van der Waals surface area contributed by atoms with E-state index in [1.807, 2.05) is 18.2 Å². The third-order valence-electron chi connectivity index (χ3n) is 5.87. The number of para-hydroxylation sites is 1. The zero-order valence-corrected chi connectivity index (χ0v) is 17.7. The number of fused-ring (bicyclic) bond motifs is 1. The van der Waals surface area contributed by atoms with Gasteiger partial charge in [-0.2, -0.15) is 5.26 Å². The molecule has 1 N–H and O–H groups in total. The van der Waals surface area contributed by atoms with Gasteiger partial charge in [-0.3, -0.25) is 14.2 Å². The molecule has 1 aliphatic carbocycles. The molecule has 0 spiro atoms. The van der Waals surface area contributed by atoms with Crippen LogP contribution in [0.4, 0.5) is 0 Å². The summed E-state index contributed by atoms with van der Waals surface area (Å²) in [6, 6.07) is 9.57. The van der Waals surface area contributed by atoms with Gasteiger partial charge in [0.2, 0.25) is 5.91 Å². The van der Waals surface area contributed by atoms with Gasteiger partial charge in [0, 0.05) is 6.61 Å². The normalized spacial score (nSPS) is 20.7. The molecule has 1 saturated heterocycles. The lowest BCUT2D eigenvalue weighted by molar-refractivity contribution is -0.120. The maximum Gasteiger partial charge on any atom is 0.262 e. The van der Waals surface area contributed by atoms with Crippen LogP contribution < -0.4 is 10.9 Å². The highest BCUT2D eigenvalue weighted by Gasteiger charge is 2.33. The van der Waals surface area contributed by atoms with Gasteiger partial charge >= 0.3 is 0 Å². The van der Waals surface area contributed by atoms with E-state index in [1.165, 1.54) is 11.8 Å². The Balaban J connectivity index is 1.54. The summed E-state index contributed by atoms with van der Waals surface area (Å²) in [6.45, 7) is 1.14. The first-order valence-electron chi connectivity index (χ1n) is 10.6. The van der Waals surface area contributed by atoms with Crippen LogP contribution in [0.1, 0.15) is 44.9 Å². The molecule has 1 aliphatic heterocycles. The molecule has 4 rings (SSSR count). The number of nitrogens with one attached hydrogen (secondary N) is 1. The number of amides is 1. The predicted molar refractivity (Wildman–Crippen MR) is 115 cm³/mol. The van der Waals surface area contributed by atoms with E-state index in [0.29, 0.717) is 42.1 Å². The minimum Gasteiger partial charge on any atom is -0.376 e. The molecule has 1 aromatic carbocycles. The number of nitriles is 1. The smallest absolute Gasteiger partial charge is 0.262 e. The van der Waals surface area contributed by atoms with E-state index in [0.717, 1.165) is 32.1 Å². The predicted octanol–water partition coefficient (Wildman–Crippen LogP) is 3.01. The molecular weight excluding hydrogens is 400 g/mol. The molecule has 0 radical (unpaired) electrons. The maximum absolute atomic E-state index is 13.1. The third-order valence-corrected chi connectivity index (χ3v) is 6.85. The number of thioether (sulfide) groups is 1. The van der Waals surface area contributed by atoms with Crippen LogP contribution >= 0.6 is 11.8 Å². The van der Waals surface area contributed by atoms with Crippen molar-refractivity contribution in [3.05, 3.63) is 34.6 Å². The van der Waals surface area contributed by atoms with Crippen molar-refractivity contribution < 1.29 is 9.53 Å². The van der Waals surface area contributed by atoms with Gasteiger partial charge in [-0.25, -0.2) is 4.98 Å². The molecule has 0 unspecified atom stereocenters. The minimum atomic E-state index is -0.760. The van der Waals surface area contributed by atoms with Gasteiger partial charge in [-0.05, 0) is 37.8 Å². The highest BCUT2D eigenvalue weighted by molar-refractivity contribution is 7.99. The van der Waals surface area contributed by atoms with Gasteiger partial charge < -0.3 is 10.1 Å². The van der Waals surface area contributed by atoms with Gasteiger partial charge in [0.15, 0.2) is 5.16 Å². The molecule has 1 saturated carbocycles. The highest BCUT2D eigenvalue weighted by Crippen LogP contribution is 2.28. The Bertz CT molecular complexity index is 1020. The van der Waals surface area contributed by atoms with Gasteiger partial charge in [-0.1, -0.05) is 43.2 Å². The van der Waals surface area contributed by atoms with Crippen LogP contribution in [0, 0.1) is 11.3 Å². The lowest BCUT2D eigenvalue weighted by Gasteiger charge is -2.31. The standard InChI is InChI=1S/C22H26N4O3S/c23-15-22(10-4-1-5-11-22)25-19(27)14-30-21-24-18-9-3-2-8-17(18)20(28)26(21)13-16-7-6-12-29-16/h2-3,8-9,16H,1,4-7,10-14H2,(H,25,27)/t16-/m0/s1. The first kappa shape index (κ1) is 20.9. The van der Waals surface area contributed by atoms with Gasteiger partial charge in [0.1, 0.15) is 5.54 Å². The average Bonchev–Trinajstić information content (AvgIpc) is 3.28. The summed E-state index contributed by atoms with van der Waals surface area (Å²) in [5, 5.41) is 13.6. The first-order chi connectivity index (χ1) is 14.6. The lowest BCUT2D eigenvalue weighted by Crippen LogP contribution is -2.49. The van der Waals surface area contributed by atoms with Gasteiger partial charge in [-0.15, -0.1) is 0 Å². The summed E-state index contributed by atoms with van der Waals surface area (Å²) in [7, 11) is 0. The Labute approximate surface area is 179 Å². The van der Waals surface area contributed by atoms with Gasteiger partial charge in [0.05, 0.1) is 35.4 Å². The maximum atomic E-state index is 13.1. The van der Waals surface area contributed by atoms with E-state index in [4.69, 9.17) is 4.74 Å². The molecule has 1 amide bonds. The molecule has 1 atom stereocenters. The summed E-state index contributed by atoms with van der Waals surface area (Å²) in [5.41, 5.74) is -0.251. The molecule has 30 heavy (non-hydrogen) atoms. The highest BCUT2D eigenvalue weighted by atomic mass is 32.2. The van der Waals surface area contributed by atoms with Crippen LogP contribution in [0.5, 0.6) is 0 Å². The molecule has 2 aliphatic rings. The van der Waals surface area contributed by atoms with E-state index in [-0.39, 0.29) is 23.3 Å². The quantitative estimate of drug-likeness (QED) is 0.563. The molecule has 7 nitrogen and oxygen atoms in total. The number of hydrogen-bond donors (Lipinski definition) is 1. The topological polar surface area (TPSA) is 97.0 Å². The molecule has 2 fully saturated rings. The number of nitrogens with zero attached hydrogens (tertiary/aromatic N) is 3. The van der Waals surface area contributed by atoms with E-state index in [9.17, 15) is 14.9 Å². The van der Waals surface area contributed by atoms with Crippen molar-refractivity contribution in [1.82, 2.24) is 14.9 Å². The molecule has 8 heteroatoms. The van der Waals surface area contributed by atoms with Crippen molar-refractivity contribution in [2.75, 3.05) is 12.4 Å². The molecule has 1 aromatic heterocycles. The Morgan fingerprint density at radius 3 is 2.83 bits per heavy atom. The minimum absolute atomic E-state index is 0.0112. The second-order valence-electron chi connectivity index (χ2n) is 8.05. The summed E-state index contributed by atoms with van der Waals surface area (Å²) in [6.07, 6.45) is 6.28. The van der Waals surface area contributed by atoms with Crippen molar-refractivity contribution in [3.63, 3.8) is 0 Å². The number of rotatable bonds is 6. The van der Waals surface area contributed by atoms with Crippen LogP contribution in [0.3, 0.4) is 0 Å². The largest absolute Gasteiger partial charge is 0.376 e. The third kappa shape index (κ3) is 4.52. The number of aromatic nitrogens is 2. The van der Waals surface area contributed by atoms with E-state index in [1.54, 1.807) is 10.6 Å². The Morgan fingerprint density at radius 2 is 2.10 bits per heavy atom. The lowest BCUT2D eigenvalue weighted by atomic mass is 9.83. The summed E-state index contributed by atoms with van der Waals surface area (Å²) in [5.74, 6) is -0.0887. The molecule has 2 aromatic rings.